The van der Waals surface area contributed by atoms with Crippen LogP contribution in [-0.2, 0) is 11.3 Å². The van der Waals surface area contributed by atoms with Gasteiger partial charge in [0, 0.05) is 37.4 Å². The third-order valence-corrected chi connectivity index (χ3v) is 7.52. The van der Waals surface area contributed by atoms with Crippen LogP contribution in [0.4, 0.5) is 10.1 Å². The topological polar surface area (TPSA) is 92.6 Å². The molecule has 3 aromatic carbocycles. The van der Waals surface area contributed by atoms with Gasteiger partial charge in [-0.25, -0.2) is 4.39 Å². The third kappa shape index (κ3) is 6.42. The summed E-state index contributed by atoms with van der Waals surface area (Å²) in [5.74, 6) is 0.520. The van der Waals surface area contributed by atoms with Gasteiger partial charge in [-0.05, 0) is 54.6 Å². The fraction of sp³-hybridized carbons (Fsp3) is 0.241. The molecule has 0 bridgehead atoms. The number of carbonyl (C=O) groups is 2. The summed E-state index contributed by atoms with van der Waals surface area (Å²) >= 11 is 1.24. The van der Waals surface area contributed by atoms with Crippen LogP contribution >= 0.6 is 11.8 Å². The van der Waals surface area contributed by atoms with E-state index in [0.717, 1.165) is 18.8 Å². The summed E-state index contributed by atoms with van der Waals surface area (Å²) in [5, 5.41) is 11.8. The highest BCUT2D eigenvalue weighted by molar-refractivity contribution is 7.99. The van der Waals surface area contributed by atoms with Gasteiger partial charge < -0.3 is 19.9 Å². The maximum atomic E-state index is 14.1. The van der Waals surface area contributed by atoms with Crippen LogP contribution in [0.25, 0.3) is 5.69 Å². The van der Waals surface area contributed by atoms with Crippen LogP contribution in [0.5, 0.6) is 5.75 Å². The summed E-state index contributed by atoms with van der Waals surface area (Å²) in [7, 11) is 1.56. The van der Waals surface area contributed by atoms with Crippen molar-refractivity contribution >= 4 is 29.3 Å². The van der Waals surface area contributed by atoms with Gasteiger partial charge in [-0.3, -0.25) is 14.2 Å². The van der Waals surface area contributed by atoms with Crippen molar-refractivity contribution in [1.29, 1.82) is 0 Å². The lowest BCUT2D eigenvalue weighted by molar-refractivity contribution is -0.128. The molecule has 1 saturated heterocycles. The van der Waals surface area contributed by atoms with Gasteiger partial charge >= 0.3 is 0 Å². The molecule has 11 heteroatoms. The molecule has 206 valence electrons. The van der Waals surface area contributed by atoms with Crippen LogP contribution < -0.4 is 15.0 Å². The molecule has 40 heavy (non-hydrogen) atoms. The first-order valence-corrected chi connectivity index (χ1v) is 13.8. The van der Waals surface area contributed by atoms with Crippen molar-refractivity contribution in [2.24, 2.45) is 0 Å². The van der Waals surface area contributed by atoms with E-state index < -0.39 is 5.82 Å². The number of amides is 2. The summed E-state index contributed by atoms with van der Waals surface area (Å²) in [6.07, 6.45) is 0. The maximum Gasteiger partial charge on any atom is 0.251 e. The zero-order valence-corrected chi connectivity index (χ0v) is 22.8. The van der Waals surface area contributed by atoms with Crippen LogP contribution in [0.3, 0.4) is 0 Å². The summed E-state index contributed by atoms with van der Waals surface area (Å²) < 4.78 is 20.9. The van der Waals surface area contributed by atoms with Crippen molar-refractivity contribution in [1.82, 2.24) is 25.0 Å². The molecule has 1 aliphatic heterocycles. The molecule has 0 radical (unpaired) electrons. The second kappa shape index (κ2) is 12.6. The largest absolute Gasteiger partial charge is 0.497 e. The Hall–Kier alpha value is -4.38. The molecule has 0 atom stereocenters. The van der Waals surface area contributed by atoms with Gasteiger partial charge in [0.25, 0.3) is 5.91 Å². The van der Waals surface area contributed by atoms with Crippen molar-refractivity contribution in [3.05, 3.63) is 96.1 Å². The molecule has 1 aliphatic rings. The van der Waals surface area contributed by atoms with E-state index in [1.54, 1.807) is 48.1 Å². The highest BCUT2D eigenvalue weighted by Gasteiger charge is 2.23. The number of anilines is 1. The molecule has 5 rings (SSSR count). The highest BCUT2D eigenvalue weighted by atomic mass is 32.2. The molecule has 2 heterocycles. The van der Waals surface area contributed by atoms with Crippen LogP contribution in [0.1, 0.15) is 16.2 Å². The van der Waals surface area contributed by atoms with Crippen LogP contribution in [0, 0.1) is 5.82 Å². The fourth-order valence-electron chi connectivity index (χ4n) is 4.46. The summed E-state index contributed by atoms with van der Waals surface area (Å²) in [6, 6.07) is 22.9. The molecule has 1 N–H and O–H groups in total. The lowest BCUT2D eigenvalue weighted by atomic mass is 10.2. The van der Waals surface area contributed by atoms with Gasteiger partial charge in [0.2, 0.25) is 5.91 Å². The van der Waals surface area contributed by atoms with E-state index in [4.69, 9.17) is 4.74 Å². The molecule has 2 amide bonds. The SMILES string of the molecule is COc1ccc(C(=O)NCc2nnc(SCC(=O)N3CCN(c4ccccc4)CC3)n2-c2cccc(F)c2)cc1. The van der Waals surface area contributed by atoms with Crippen molar-refractivity contribution in [3.8, 4) is 11.4 Å². The molecule has 0 spiro atoms. The minimum Gasteiger partial charge on any atom is -0.497 e. The minimum atomic E-state index is -0.414. The average Bonchev–Trinajstić information content (AvgIpc) is 3.42. The van der Waals surface area contributed by atoms with E-state index in [1.165, 1.54) is 23.9 Å². The van der Waals surface area contributed by atoms with Crippen molar-refractivity contribution < 1.29 is 18.7 Å². The van der Waals surface area contributed by atoms with E-state index in [0.29, 0.717) is 41.1 Å². The maximum absolute atomic E-state index is 14.1. The Morgan fingerprint density at radius 2 is 1.65 bits per heavy atom. The van der Waals surface area contributed by atoms with Crippen LogP contribution in [-0.4, -0.2) is 70.5 Å². The molecule has 0 unspecified atom stereocenters. The number of halogens is 1. The normalized spacial score (nSPS) is 13.2. The van der Waals surface area contributed by atoms with E-state index in [2.05, 4.69) is 32.5 Å². The smallest absolute Gasteiger partial charge is 0.251 e. The number of carbonyl (C=O) groups excluding carboxylic acids is 2. The third-order valence-electron chi connectivity index (χ3n) is 6.60. The van der Waals surface area contributed by atoms with Gasteiger partial charge in [-0.1, -0.05) is 36.0 Å². The molecule has 1 aromatic heterocycles. The van der Waals surface area contributed by atoms with Gasteiger partial charge in [0.15, 0.2) is 11.0 Å². The standard InChI is InChI=1S/C29H29FN6O3S/c1-39-25-12-10-21(11-13-25)28(38)31-19-26-32-33-29(36(26)24-9-5-6-22(30)18-24)40-20-27(37)35-16-14-34(15-17-35)23-7-3-2-4-8-23/h2-13,18H,14-17,19-20H2,1H3,(H,31,38). The van der Waals surface area contributed by atoms with E-state index >= 15 is 0 Å². The number of methoxy groups -OCH3 is 1. The fourth-order valence-corrected chi connectivity index (χ4v) is 5.33. The lowest BCUT2D eigenvalue weighted by Gasteiger charge is -2.36. The van der Waals surface area contributed by atoms with Gasteiger partial charge in [0.05, 0.1) is 25.1 Å². The quantitative estimate of drug-likeness (QED) is 0.312. The second-order valence-electron chi connectivity index (χ2n) is 9.12. The molecule has 9 nitrogen and oxygen atoms in total. The molecule has 1 fully saturated rings. The number of nitrogens with one attached hydrogen (secondary N) is 1. The van der Waals surface area contributed by atoms with Crippen molar-refractivity contribution in [3.63, 3.8) is 0 Å². The number of benzene rings is 3. The number of piperazine rings is 1. The Balaban J connectivity index is 1.25. The predicted octanol–water partition coefficient (Wildman–Crippen LogP) is 3.79. The van der Waals surface area contributed by atoms with Gasteiger partial charge in [-0.15, -0.1) is 10.2 Å². The number of hydrogen-bond acceptors (Lipinski definition) is 7. The molecular weight excluding hydrogens is 531 g/mol. The molecule has 4 aromatic rings. The van der Waals surface area contributed by atoms with Crippen molar-refractivity contribution in [2.75, 3.05) is 43.9 Å². The van der Waals surface area contributed by atoms with Crippen LogP contribution in [0.2, 0.25) is 0 Å². The minimum absolute atomic E-state index is 0.000799. The first-order chi connectivity index (χ1) is 19.5. The predicted molar refractivity (Wildman–Crippen MR) is 151 cm³/mol. The Morgan fingerprint density at radius 3 is 2.35 bits per heavy atom. The van der Waals surface area contributed by atoms with Crippen LogP contribution in [0.15, 0.2) is 84.0 Å². The zero-order valence-electron chi connectivity index (χ0n) is 22.0. The van der Waals surface area contributed by atoms with E-state index in [9.17, 15) is 14.0 Å². The Labute approximate surface area is 236 Å². The number of hydrogen-bond donors (Lipinski definition) is 1. The summed E-state index contributed by atoms with van der Waals surface area (Å²) in [4.78, 5) is 29.9. The average molecular weight is 561 g/mol. The monoisotopic (exact) mass is 560 g/mol. The number of thioether (sulfide) groups is 1. The number of nitrogens with zero attached hydrogens (tertiary/aromatic N) is 5. The highest BCUT2D eigenvalue weighted by Crippen LogP contribution is 2.24. The Morgan fingerprint density at radius 1 is 0.925 bits per heavy atom. The molecule has 0 saturated carbocycles. The lowest BCUT2D eigenvalue weighted by Crippen LogP contribution is -2.49. The molecular formula is C29H29FN6O3S. The van der Waals surface area contributed by atoms with Gasteiger partial charge in [-0.2, -0.15) is 0 Å². The zero-order chi connectivity index (χ0) is 27.9. The van der Waals surface area contributed by atoms with Crippen molar-refractivity contribution in [2.45, 2.75) is 11.7 Å². The summed E-state index contributed by atoms with van der Waals surface area (Å²) in [6.45, 7) is 2.85. The number of ether oxygens (including phenoxy) is 1. The first kappa shape index (κ1) is 27.2. The van der Waals surface area contributed by atoms with E-state index in [-0.39, 0.29) is 24.1 Å². The first-order valence-electron chi connectivity index (χ1n) is 12.8. The number of aromatic nitrogens is 3. The number of rotatable bonds is 9. The number of para-hydroxylation sites is 1. The van der Waals surface area contributed by atoms with E-state index in [1.807, 2.05) is 23.1 Å². The molecule has 0 aliphatic carbocycles. The Bertz CT molecular complexity index is 1460. The Kier molecular flexibility index (Phi) is 8.60. The second-order valence-corrected chi connectivity index (χ2v) is 10.1. The van der Waals surface area contributed by atoms with Gasteiger partial charge in [0.1, 0.15) is 11.6 Å². The summed E-state index contributed by atoms with van der Waals surface area (Å²) in [5.41, 5.74) is 2.12.